The lowest BCUT2D eigenvalue weighted by Gasteiger charge is -2.31. The van der Waals surface area contributed by atoms with Gasteiger partial charge in [-0.05, 0) is 57.2 Å². The number of carbonyl (C=O) groups is 4. The average Bonchev–Trinajstić information content (AvgIpc) is 2.77. The zero-order chi connectivity index (χ0) is 27.5. The van der Waals surface area contributed by atoms with Crippen LogP contribution in [-0.4, -0.2) is 48.0 Å². The topological polar surface area (TPSA) is 152 Å². The number of nitrogens with one attached hydrogen (secondary N) is 4. The fourth-order valence-corrected chi connectivity index (χ4v) is 3.28. The number of hydrogen-bond donors (Lipinski definition) is 5. The van der Waals surface area contributed by atoms with E-state index in [2.05, 4.69) is 21.3 Å². The van der Waals surface area contributed by atoms with Crippen molar-refractivity contribution in [3.63, 3.8) is 0 Å². The van der Waals surface area contributed by atoms with Gasteiger partial charge in [0.2, 0.25) is 11.8 Å². The molecule has 0 aliphatic rings. The van der Waals surface area contributed by atoms with Crippen molar-refractivity contribution in [2.45, 2.75) is 85.5 Å². The highest BCUT2D eigenvalue weighted by atomic mass is 16.5. The van der Waals surface area contributed by atoms with Gasteiger partial charge >= 0.3 is 12.0 Å². The first-order chi connectivity index (χ1) is 16.7. The van der Waals surface area contributed by atoms with Gasteiger partial charge in [0, 0.05) is 17.8 Å². The van der Waals surface area contributed by atoms with Crippen molar-refractivity contribution in [3.05, 3.63) is 29.8 Å². The standard InChI is InChI=1S/C26H43N5O5/c1-16(2)21(31-26(5,6)7)23(33)30-20(9-8-14-28-25(27)35)22(32)29-19-12-10-18(11-13-19)15-36-24(34)17(3)4/h10-13,16-17,20-21,31H,8-9,14-15H2,1-7H3,(H,29,32)(H,30,33)(H3,27,28,35)/t20-,21-/m0/s1. The zero-order valence-corrected chi connectivity index (χ0v) is 22.6. The SMILES string of the molecule is CC(C)C(=O)OCc1ccc(NC(=O)[C@H](CCCNC(N)=O)NC(=O)[C@@H](NC(C)(C)C)C(C)C)cc1. The van der Waals surface area contributed by atoms with Crippen LogP contribution in [0, 0.1) is 11.8 Å². The van der Waals surface area contributed by atoms with Gasteiger partial charge < -0.3 is 31.7 Å². The van der Waals surface area contributed by atoms with E-state index in [-0.39, 0.29) is 48.3 Å². The largest absolute Gasteiger partial charge is 0.461 e. The summed E-state index contributed by atoms with van der Waals surface area (Å²) >= 11 is 0. The van der Waals surface area contributed by atoms with Gasteiger partial charge in [-0.25, -0.2) is 4.79 Å². The number of rotatable bonds is 13. The number of carbonyl (C=O) groups excluding carboxylic acids is 4. The number of benzene rings is 1. The maximum atomic E-state index is 13.1. The molecule has 10 heteroatoms. The molecule has 6 N–H and O–H groups in total. The molecule has 0 saturated carbocycles. The van der Waals surface area contributed by atoms with E-state index in [0.717, 1.165) is 5.56 Å². The van der Waals surface area contributed by atoms with Crippen LogP contribution in [0.4, 0.5) is 10.5 Å². The van der Waals surface area contributed by atoms with Gasteiger partial charge in [0.05, 0.1) is 12.0 Å². The second-order valence-electron chi connectivity index (χ2n) is 10.6. The van der Waals surface area contributed by atoms with E-state index in [1.165, 1.54) is 0 Å². The summed E-state index contributed by atoms with van der Waals surface area (Å²) in [5, 5.41) is 11.5. The Hall–Kier alpha value is -3.14. The van der Waals surface area contributed by atoms with Gasteiger partial charge in [0.15, 0.2) is 0 Å². The van der Waals surface area contributed by atoms with Crippen LogP contribution in [0.5, 0.6) is 0 Å². The summed E-state index contributed by atoms with van der Waals surface area (Å²) in [6.07, 6.45) is 0.752. The van der Waals surface area contributed by atoms with Gasteiger partial charge in [-0.3, -0.25) is 14.4 Å². The average molecular weight is 506 g/mol. The van der Waals surface area contributed by atoms with E-state index in [9.17, 15) is 19.2 Å². The maximum Gasteiger partial charge on any atom is 0.312 e. The van der Waals surface area contributed by atoms with Crippen molar-refractivity contribution in [2.75, 3.05) is 11.9 Å². The highest BCUT2D eigenvalue weighted by Crippen LogP contribution is 2.14. The van der Waals surface area contributed by atoms with E-state index >= 15 is 0 Å². The van der Waals surface area contributed by atoms with Gasteiger partial charge in [-0.15, -0.1) is 0 Å². The smallest absolute Gasteiger partial charge is 0.312 e. The Morgan fingerprint density at radius 1 is 0.972 bits per heavy atom. The molecule has 1 aromatic carbocycles. The highest BCUT2D eigenvalue weighted by molar-refractivity contribution is 5.97. The first-order valence-electron chi connectivity index (χ1n) is 12.4. The predicted octanol–water partition coefficient (Wildman–Crippen LogP) is 2.67. The summed E-state index contributed by atoms with van der Waals surface area (Å²) in [5.74, 6) is -1.13. The first-order valence-corrected chi connectivity index (χ1v) is 12.4. The zero-order valence-electron chi connectivity index (χ0n) is 22.6. The molecule has 1 rings (SSSR count). The quantitative estimate of drug-likeness (QED) is 0.205. The fourth-order valence-electron chi connectivity index (χ4n) is 3.28. The maximum absolute atomic E-state index is 13.1. The Labute approximate surface area is 214 Å². The number of anilines is 1. The molecule has 0 aromatic heterocycles. The third-order valence-electron chi connectivity index (χ3n) is 5.21. The summed E-state index contributed by atoms with van der Waals surface area (Å²) in [4.78, 5) is 48.8. The number of ether oxygens (including phenoxy) is 1. The van der Waals surface area contributed by atoms with E-state index in [0.29, 0.717) is 18.5 Å². The molecule has 2 atom stereocenters. The normalized spacial score (nSPS) is 13.1. The molecular formula is C26H43N5O5. The van der Waals surface area contributed by atoms with Crippen molar-refractivity contribution < 1.29 is 23.9 Å². The number of esters is 1. The minimum atomic E-state index is -0.818. The number of hydrogen-bond acceptors (Lipinski definition) is 6. The predicted molar refractivity (Wildman–Crippen MR) is 140 cm³/mol. The van der Waals surface area contributed by atoms with Gasteiger partial charge in [0.1, 0.15) is 12.6 Å². The number of urea groups is 1. The van der Waals surface area contributed by atoms with Crippen molar-refractivity contribution >= 4 is 29.5 Å². The Kier molecular flexibility index (Phi) is 12.4. The second kappa shape index (κ2) is 14.4. The Balaban J connectivity index is 2.89. The lowest BCUT2D eigenvalue weighted by Crippen LogP contribution is -2.57. The summed E-state index contributed by atoms with van der Waals surface area (Å²) < 4.78 is 5.22. The summed E-state index contributed by atoms with van der Waals surface area (Å²) in [5.41, 5.74) is 6.16. The summed E-state index contributed by atoms with van der Waals surface area (Å²) in [7, 11) is 0. The Morgan fingerprint density at radius 2 is 1.58 bits per heavy atom. The molecule has 0 bridgehead atoms. The lowest BCUT2D eigenvalue weighted by molar-refractivity contribution is -0.148. The van der Waals surface area contributed by atoms with E-state index in [1.807, 2.05) is 34.6 Å². The summed E-state index contributed by atoms with van der Waals surface area (Å²) in [6, 6.07) is 4.99. The van der Waals surface area contributed by atoms with Crippen molar-refractivity contribution in [3.8, 4) is 0 Å². The molecule has 202 valence electrons. The van der Waals surface area contributed by atoms with E-state index in [4.69, 9.17) is 10.5 Å². The highest BCUT2D eigenvalue weighted by Gasteiger charge is 2.30. The minimum absolute atomic E-state index is 0.00167. The van der Waals surface area contributed by atoms with Crippen LogP contribution in [0.2, 0.25) is 0 Å². The van der Waals surface area contributed by atoms with Gasteiger partial charge in [-0.2, -0.15) is 0 Å². The van der Waals surface area contributed by atoms with Gasteiger partial charge in [0.25, 0.3) is 0 Å². The molecule has 0 spiro atoms. The molecule has 10 nitrogen and oxygen atoms in total. The third kappa shape index (κ3) is 12.0. The van der Waals surface area contributed by atoms with E-state index in [1.54, 1.807) is 38.1 Å². The minimum Gasteiger partial charge on any atom is -0.461 e. The Bertz CT molecular complexity index is 878. The number of primary amides is 1. The van der Waals surface area contributed by atoms with Crippen LogP contribution < -0.4 is 27.0 Å². The van der Waals surface area contributed by atoms with Crippen LogP contribution in [0.3, 0.4) is 0 Å². The lowest BCUT2D eigenvalue weighted by atomic mass is 9.98. The van der Waals surface area contributed by atoms with Crippen molar-refractivity contribution in [1.82, 2.24) is 16.0 Å². The fraction of sp³-hybridized carbons (Fsp3) is 0.615. The molecule has 36 heavy (non-hydrogen) atoms. The van der Waals surface area contributed by atoms with Crippen LogP contribution >= 0.6 is 0 Å². The molecule has 0 radical (unpaired) electrons. The molecular weight excluding hydrogens is 462 g/mol. The third-order valence-corrected chi connectivity index (χ3v) is 5.21. The van der Waals surface area contributed by atoms with Gasteiger partial charge in [-0.1, -0.05) is 39.8 Å². The van der Waals surface area contributed by atoms with Crippen LogP contribution in [0.15, 0.2) is 24.3 Å². The Morgan fingerprint density at radius 3 is 2.08 bits per heavy atom. The van der Waals surface area contributed by atoms with E-state index < -0.39 is 18.1 Å². The number of amides is 4. The molecule has 0 unspecified atom stereocenters. The van der Waals surface area contributed by atoms with Crippen LogP contribution in [0.25, 0.3) is 0 Å². The second-order valence-corrected chi connectivity index (χ2v) is 10.6. The van der Waals surface area contributed by atoms with Crippen LogP contribution in [0.1, 0.15) is 66.9 Å². The molecule has 1 aromatic rings. The molecule has 0 aliphatic carbocycles. The molecule has 0 heterocycles. The summed E-state index contributed by atoms with van der Waals surface area (Å²) in [6.45, 7) is 13.8. The molecule has 0 aliphatic heterocycles. The molecule has 0 fully saturated rings. The molecule has 0 saturated heterocycles. The first kappa shape index (κ1) is 30.9. The van der Waals surface area contributed by atoms with Crippen molar-refractivity contribution in [2.24, 2.45) is 17.6 Å². The molecule has 4 amide bonds. The van der Waals surface area contributed by atoms with Crippen LogP contribution in [-0.2, 0) is 25.7 Å². The monoisotopic (exact) mass is 505 g/mol. The van der Waals surface area contributed by atoms with Crippen molar-refractivity contribution in [1.29, 1.82) is 0 Å². The number of nitrogens with two attached hydrogens (primary N) is 1.